The molecular weight excluding hydrogens is 356 g/mol. The van der Waals surface area contributed by atoms with E-state index < -0.39 is 0 Å². The lowest BCUT2D eigenvalue weighted by atomic mass is 10.1. The van der Waals surface area contributed by atoms with Crippen LogP contribution in [0.4, 0.5) is 0 Å². The molecule has 8 heteroatoms. The standard InChI is InChI=1S/C20H20N6O2/c1-25-11-16(10-22-25)20-23-19(24-28-20)17-13-27-9-8-26(17)12-15-5-2-4-14-6-3-7-21-18(14)15/h2-7,10-11,17H,8-9,12-13H2,1H3. The van der Waals surface area contributed by atoms with Crippen LogP contribution < -0.4 is 0 Å². The van der Waals surface area contributed by atoms with Gasteiger partial charge in [0.15, 0.2) is 5.82 Å². The molecule has 3 aromatic heterocycles. The van der Waals surface area contributed by atoms with E-state index in [1.807, 2.05) is 25.5 Å². The summed E-state index contributed by atoms with van der Waals surface area (Å²) in [5.41, 5.74) is 3.02. The number of para-hydroxylation sites is 1. The fraction of sp³-hybridized carbons (Fsp3) is 0.300. The van der Waals surface area contributed by atoms with Crippen LogP contribution in [-0.4, -0.2) is 49.6 Å². The van der Waals surface area contributed by atoms with E-state index in [1.54, 1.807) is 10.9 Å². The van der Waals surface area contributed by atoms with Crippen LogP contribution in [0.2, 0.25) is 0 Å². The summed E-state index contributed by atoms with van der Waals surface area (Å²) in [6, 6.07) is 10.3. The van der Waals surface area contributed by atoms with Gasteiger partial charge in [-0.25, -0.2) is 0 Å². The molecule has 0 N–H and O–H groups in total. The maximum Gasteiger partial charge on any atom is 0.261 e. The quantitative estimate of drug-likeness (QED) is 0.541. The zero-order valence-electron chi connectivity index (χ0n) is 15.5. The molecule has 1 aliphatic rings. The molecule has 1 aliphatic heterocycles. The van der Waals surface area contributed by atoms with E-state index in [-0.39, 0.29) is 6.04 Å². The summed E-state index contributed by atoms with van der Waals surface area (Å²) in [6.45, 7) is 2.76. The van der Waals surface area contributed by atoms with Crippen LogP contribution in [0, 0.1) is 0 Å². The third-order valence-corrected chi connectivity index (χ3v) is 5.02. The first-order valence-corrected chi connectivity index (χ1v) is 9.25. The van der Waals surface area contributed by atoms with Crippen LogP contribution in [0.3, 0.4) is 0 Å². The molecule has 0 bridgehead atoms. The Labute approximate surface area is 161 Å². The van der Waals surface area contributed by atoms with Crippen molar-refractivity contribution < 1.29 is 9.26 Å². The van der Waals surface area contributed by atoms with Crippen molar-refractivity contribution in [2.45, 2.75) is 12.6 Å². The predicted octanol–water partition coefficient (Wildman–Crippen LogP) is 2.59. The van der Waals surface area contributed by atoms with Crippen molar-refractivity contribution in [1.29, 1.82) is 0 Å². The van der Waals surface area contributed by atoms with E-state index in [0.29, 0.717) is 24.9 Å². The predicted molar refractivity (Wildman–Crippen MR) is 102 cm³/mol. The molecule has 1 atom stereocenters. The van der Waals surface area contributed by atoms with E-state index in [4.69, 9.17) is 9.26 Å². The first-order chi connectivity index (χ1) is 13.8. The molecule has 0 radical (unpaired) electrons. The molecule has 1 aromatic carbocycles. The van der Waals surface area contributed by atoms with Gasteiger partial charge in [-0.15, -0.1) is 0 Å². The van der Waals surface area contributed by atoms with Gasteiger partial charge >= 0.3 is 0 Å². The Morgan fingerprint density at radius 1 is 1.21 bits per heavy atom. The topological polar surface area (TPSA) is 82.1 Å². The van der Waals surface area contributed by atoms with Gasteiger partial charge in [-0.05, 0) is 11.6 Å². The van der Waals surface area contributed by atoms with Crippen molar-refractivity contribution >= 4 is 10.9 Å². The number of aromatic nitrogens is 5. The number of nitrogens with zero attached hydrogens (tertiary/aromatic N) is 6. The number of fused-ring (bicyclic) bond motifs is 1. The van der Waals surface area contributed by atoms with Crippen LogP contribution in [-0.2, 0) is 18.3 Å². The average molecular weight is 376 g/mol. The van der Waals surface area contributed by atoms with Crippen LogP contribution in [0.5, 0.6) is 0 Å². The van der Waals surface area contributed by atoms with E-state index in [0.717, 1.165) is 29.6 Å². The zero-order chi connectivity index (χ0) is 18.9. The highest BCUT2D eigenvalue weighted by Gasteiger charge is 2.29. The van der Waals surface area contributed by atoms with Crippen LogP contribution in [0.15, 0.2) is 53.4 Å². The van der Waals surface area contributed by atoms with Crippen LogP contribution >= 0.6 is 0 Å². The zero-order valence-corrected chi connectivity index (χ0v) is 15.5. The van der Waals surface area contributed by atoms with Gasteiger partial charge in [0.1, 0.15) is 0 Å². The number of morpholine rings is 1. The van der Waals surface area contributed by atoms with E-state index in [9.17, 15) is 0 Å². The van der Waals surface area contributed by atoms with Crippen molar-refractivity contribution in [1.82, 2.24) is 29.8 Å². The van der Waals surface area contributed by atoms with Gasteiger partial charge in [0.05, 0.1) is 36.5 Å². The molecule has 142 valence electrons. The number of benzene rings is 1. The lowest BCUT2D eigenvalue weighted by Crippen LogP contribution is -2.39. The van der Waals surface area contributed by atoms with Crippen LogP contribution in [0.25, 0.3) is 22.4 Å². The molecule has 1 saturated heterocycles. The molecule has 0 saturated carbocycles. The Bertz CT molecular complexity index is 1100. The van der Waals surface area contributed by atoms with E-state index in [1.165, 1.54) is 5.56 Å². The number of hydrogen-bond acceptors (Lipinski definition) is 7. The van der Waals surface area contributed by atoms with Crippen molar-refractivity contribution in [3.8, 4) is 11.5 Å². The van der Waals surface area contributed by atoms with Crippen molar-refractivity contribution in [3.05, 3.63) is 60.3 Å². The Morgan fingerprint density at radius 3 is 3.04 bits per heavy atom. The summed E-state index contributed by atoms with van der Waals surface area (Å²) in [5.74, 6) is 1.10. The van der Waals surface area contributed by atoms with E-state index in [2.05, 4.69) is 49.4 Å². The number of pyridine rings is 1. The summed E-state index contributed by atoms with van der Waals surface area (Å²) in [4.78, 5) is 11.5. The summed E-state index contributed by atoms with van der Waals surface area (Å²) in [6.07, 6.45) is 5.41. The second kappa shape index (κ2) is 7.14. The summed E-state index contributed by atoms with van der Waals surface area (Å²) >= 11 is 0. The average Bonchev–Trinajstić information content (AvgIpc) is 3.38. The molecule has 0 spiro atoms. The second-order valence-electron chi connectivity index (χ2n) is 6.91. The number of rotatable bonds is 4. The van der Waals surface area contributed by atoms with Crippen LogP contribution in [0.1, 0.15) is 17.4 Å². The fourth-order valence-electron chi connectivity index (χ4n) is 3.60. The third kappa shape index (κ3) is 3.17. The first kappa shape index (κ1) is 17.0. The number of hydrogen-bond donors (Lipinski definition) is 0. The maximum absolute atomic E-state index is 5.72. The molecule has 4 aromatic rings. The molecular formula is C20H20N6O2. The van der Waals surface area contributed by atoms with Crippen molar-refractivity contribution in [2.24, 2.45) is 7.05 Å². The SMILES string of the molecule is Cn1cc(-c2nc(C3COCCN3Cc3cccc4cccnc34)no2)cn1. The number of ether oxygens (including phenoxy) is 1. The summed E-state index contributed by atoms with van der Waals surface area (Å²) in [7, 11) is 1.86. The smallest absolute Gasteiger partial charge is 0.261 e. The van der Waals surface area contributed by atoms with Gasteiger partial charge in [-0.1, -0.05) is 29.4 Å². The molecule has 1 fully saturated rings. The van der Waals surface area contributed by atoms with Gasteiger partial charge in [0.25, 0.3) is 5.89 Å². The Hall–Kier alpha value is -3.10. The van der Waals surface area contributed by atoms with Gasteiger partial charge in [0.2, 0.25) is 0 Å². The van der Waals surface area contributed by atoms with Gasteiger partial charge < -0.3 is 9.26 Å². The van der Waals surface area contributed by atoms with Crippen molar-refractivity contribution in [3.63, 3.8) is 0 Å². The van der Waals surface area contributed by atoms with E-state index >= 15 is 0 Å². The van der Waals surface area contributed by atoms with Gasteiger partial charge in [0, 0.05) is 37.9 Å². The largest absolute Gasteiger partial charge is 0.378 e. The Balaban J connectivity index is 1.43. The lowest BCUT2D eigenvalue weighted by molar-refractivity contribution is -0.0164. The van der Waals surface area contributed by atoms with Crippen molar-refractivity contribution in [2.75, 3.05) is 19.8 Å². The third-order valence-electron chi connectivity index (χ3n) is 5.02. The minimum atomic E-state index is -0.0677. The highest BCUT2D eigenvalue weighted by Crippen LogP contribution is 2.28. The minimum Gasteiger partial charge on any atom is -0.378 e. The maximum atomic E-state index is 5.72. The monoisotopic (exact) mass is 376 g/mol. The molecule has 1 unspecified atom stereocenters. The highest BCUT2D eigenvalue weighted by molar-refractivity contribution is 5.81. The molecule has 4 heterocycles. The number of aryl methyl sites for hydroxylation is 1. The fourth-order valence-corrected chi connectivity index (χ4v) is 3.60. The normalized spacial score (nSPS) is 18.0. The minimum absolute atomic E-state index is 0.0677. The highest BCUT2D eigenvalue weighted by atomic mass is 16.5. The molecule has 0 amide bonds. The molecule has 0 aliphatic carbocycles. The lowest BCUT2D eigenvalue weighted by Gasteiger charge is -2.33. The molecule has 8 nitrogen and oxygen atoms in total. The second-order valence-corrected chi connectivity index (χ2v) is 6.91. The van der Waals surface area contributed by atoms with Gasteiger partial charge in [-0.3, -0.25) is 14.6 Å². The summed E-state index contributed by atoms with van der Waals surface area (Å²) in [5, 5.41) is 9.52. The first-order valence-electron chi connectivity index (χ1n) is 9.25. The summed E-state index contributed by atoms with van der Waals surface area (Å²) < 4.78 is 12.9. The molecule has 28 heavy (non-hydrogen) atoms. The Kier molecular flexibility index (Phi) is 4.34. The van der Waals surface area contributed by atoms with Gasteiger partial charge in [-0.2, -0.15) is 10.1 Å². The molecule has 5 rings (SSSR count). The Morgan fingerprint density at radius 2 is 2.14 bits per heavy atom.